The standard InChI is InChI=1S/C18H20N6O4S2/c1-10(25)28-7-6-12-9-20-18(14-4-5-16(29-14)30(19,26)27)22-17(12)21-15-8-13(23-24-15)11-2-3-11/h4-5,8-9,11H,2-3,6-7H2,1H3,(H2,19,26,27)(H2,20,21,22,23,24). The minimum atomic E-state index is -3.79. The van der Waals surface area contributed by atoms with Gasteiger partial charge < -0.3 is 10.1 Å². The predicted molar refractivity (Wildman–Crippen MR) is 111 cm³/mol. The molecule has 0 radical (unpaired) electrons. The molecule has 1 saturated carbocycles. The van der Waals surface area contributed by atoms with Gasteiger partial charge in [-0.15, -0.1) is 11.3 Å². The van der Waals surface area contributed by atoms with Crippen molar-refractivity contribution in [3.8, 4) is 10.7 Å². The third-order valence-corrected chi connectivity index (χ3v) is 7.00. The predicted octanol–water partition coefficient (Wildman–Crippen LogP) is 2.30. The molecule has 0 atom stereocenters. The van der Waals surface area contributed by atoms with Gasteiger partial charge in [-0.2, -0.15) is 5.10 Å². The molecule has 0 amide bonds. The molecule has 0 saturated heterocycles. The van der Waals surface area contributed by atoms with Gasteiger partial charge in [0.15, 0.2) is 11.6 Å². The Balaban J connectivity index is 1.62. The maximum Gasteiger partial charge on any atom is 0.302 e. The number of hydrogen-bond donors (Lipinski definition) is 3. The first-order valence-electron chi connectivity index (χ1n) is 9.24. The second kappa shape index (κ2) is 8.13. The van der Waals surface area contributed by atoms with Crippen molar-refractivity contribution in [2.24, 2.45) is 5.14 Å². The number of thiophene rings is 1. The molecule has 0 bridgehead atoms. The number of primary sulfonamides is 1. The number of rotatable bonds is 8. The van der Waals surface area contributed by atoms with Gasteiger partial charge in [0.25, 0.3) is 0 Å². The smallest absolute Gasteiger partial charge is 0.302 e. The van der Waals surface area contributed by atoms with Crippen LogP contribution in [0, 0.1) is 0 Å². The summed E-state index contributed by atoms with van der Waals surface area (Å²) in [6.45, 7) is 1.54. The van der Waals surface area contributed by atoms with Crippen molar-refractivity contribution in [1.82, 2.24) is 20.2 Å². The highest BCUT2D eigenvalue weighted by Crippen LogP contribution is 2.39. The van der Waals surface area contributed by atoms with Crippen LogP contribution in [0.15, 0.2) is 28.6 Å². The van der Waals surface area contributed by atoms with E-state index in [4.69, 9.17) is 9.88 Å². The number of hydrogen-bond acceptors (Lipinski definition) is 9. The minimum absolute atomic E-state index is 0.0379. The van der Waals surface area contributed by atoms with E-state index in [-0.39, 0.29) is 16.8 Å². The maximum atomic E-state index is 11.6. The SMILES string of the molecule is CC(=O)OCCc1cnc(-c2ccc(S(N)(=O)=O)s2)nc1Nc1cc(C2CC2)[nH]n1. The van der Waals surface area contributed by atoms with Crippen LogP contribution in [0.2, 0.25) is 0 Å². The fraction of sp³-hybridized carbons (Fsp3) is 0.333. The van der Waals surface area contributed by atoms with Crippen LogP contribution in [0.3, 0.4) is 0 Å². The minimum Gasteiger partial charge on any atom is -0.466 e. The lowest BCUT2D eigenvalue weighted by molar-refractivity contribution is -0.140. The summed E-state index contributed by atoms with van der Waals surface area (Å²) in [4.78, 5) is 20.5. The first kappa shape index (κ1) is 20.4. The molecule has 158 valence electrons. The molecule has 3 heterocycles. The Morgan fingerprint density at radius 2 is 2.20 bits per heavy atom. The molecule has 4 N–H and O–H groups in total. The van der Waals surface area contributed by atoms with Crippen LogP contribution in [-0.4, -0.2) is 41.2 Å². The van der Waals surface area contributed by atoms with E-state index in [0.29, 0.717) is 34.7 Å². The zero-order valence-electron chi connectivity index (χ0n) is 16.1. The Hall–Kier alpha value is -2.83. The Morgan fingerprint density at radius 3 is 2.87 bits per heavy atom. The van der Waals surface area contributed by atoms with Crippen LogP contribution < -0.4 is 10.5 Å². The molecule has 12 heteroatoms. The molecule has 1 aliphatic rings. The quantitative estimate of drug-likeness (QED) is 0.444. The Labute approximate surface area is 176 Å². The highest BCUT2D eigenvalue weighted by molar-refractivity contribution is 7.91. The summed E-state index contributed by atoms with van der Waals surface area (Å²) in [6.07, 6.45) is 4.34. The lowest BCUT2D eigenvalue weighted by Gasteiger charge is -2.10. The second-order valence-electron chi connectivity index (χ2n) is 6.93. The molecular weight excluding hydrogens is 428 g/mol. The average molecular weight is 449 g/mol. The zero-order chi connectivity index (χ0) is 21.3. The molecule has 1 aliphatic carbocycles. The lowest BCUT2D eigenvalue weighted by Crippen LogP contribution is -2.09. The van der Waals surface area contributed by atoms with Gasteiger partial charge in [-0.3, -0.25) is 9.89 Å². The molecule has 0 unspecified atom stereocenters. The fourth-order valence-corrected chi connectivity index (χ4v) is 4.51. The van der Waals surface area contributed by atoms with Gasteiger partial charge in [-0.1, -0.05) is 0 Å². The molecule has 30 heavy (non-hydrogen) atoms. The van der Waals surface area contributed by atoms with E-state index < -0.39 is 10.0 Å². The highest BCUT2D eigenvalue weighted by Gasteiger charge is 2.25. The van der Waals surface area contributed by atoms with E-state index in [9.17, 15) is 13.2 Å². The summed E-state index contributed by atoms with van der Waals surface area (Å²) in [5, 5.41) is 15.7. The molecule has 1 fully saturated rings. The van der Waals surface area contributed by atoms with Crippen LogP contribution >= 0.6 is 11.3 Å². The van der Waals surface area contributed by atoms with E-state index in [0.717, 1.165) is 35.4 Å². The Bertz CT molecular complexity index is 1180. The van der Waals surface area contributed by atoms with Crippen molar-refractivity contribution in [2.75, 3.05) is 11.9 Å². The van der Waals surface area contributed by atoms with Crippen molar-refractivity contribution in [2.45, 2.75) is 36.3 Å². The first-order valence-corrected chi connectivity index (χ1v) is 11.6. The number of sulfonamides is 1. The first-order chi connectivity index (χ1) is 14.3. The van der Waals surface area contributed by atoms with Crippen LogP contribution in [0.25, 0.3) is 10.7 Å². The summed E-state index contributed by atoms with van der Waals surface area (Å²) in [5.74, 6) is 1.64. The number of carbonyl (C=O) groups is 1. The number of ether oxygens (including phenoxy) is 1. The van der Waals surface area contributed by atoms with Crippen LogP contribution in [0.5, 0.6) is 0 Å². The monoisotopic (exact) mass is 448 g/mol. The molecule has 0 aliphatic heterocycles. The molecular formula is C18H20N6O4S2. The lowest BCUT2D eigenvalue weighted by atomic mass is 10.2. The number of nitrogens with two attached hydrogens (primary N) is 1. The van der Waals surface area contributed by atoms with Crippen LogP contribution in [-0.2, 0) is 26.0 Å². The van der Waals surface area contributed by atoms with Crippen molar-refractivity contribution in [3.05, 3.63) is 35.7 Å². The van der Waals surface area contributed by atoms with Gasteiger partial charge in [0.2, 0.25) is 10.0 Å². The highest BCUT2D eigenvalue weighted by atomic mass is 32.2. The van der Waals surface area contributed by atoms with Gasteiger partial charge in [0, 0.05) is 42.8 Å². The maximum absolute atomic E-state index is 11.6. The van der Waals surface area contributed by atoms with Crippen molar-refractivity contribution < 1.29 is 17.9 Å². The van der Waals surface area contributed by atoms with Gasteiger partial charge in [-0.05, 0) is 25.0 Å². The number of carbonyl (C=O) groups excluding carboxylic acids is 1. The van der Waals surface area contributed by atoms with E-state index >= 15 is 0 Å². The van der Waals surface area contributed by atoms with E-state index in [1.54, 1.807) is 12.3 Å². The van der Waals surface area contributed by atoms with E-state index in [1.807, 2.05) is 6.07 Å². The van der Waals surface area contributed by atoms with E-state index in [2.05, 4.69) is 25.5 Å². The van der Waals surface area contributed by atoms with Crippen molar-refractivity contribution >= 4 is 39.0 Å². The number of anilines is 2. The summed E-state index contributed by atoms with van der Waals surface area (Å²) < 4.78 is 28.2. The summed E-state index contributed by atoms with van der Waals surface area (Å²) in [5.41, 5.74) is 1.81. The normalized spacial score (nSPS) is 13.9. The van der Waals surface area contributed by atoms with Gasteiger partial charge in [0.05, 0.1) is 11.5 Å². The van der Waals surface area contributed by atoms with Gasteiger partial charge in [0.1, 0.15) is 10.0 Å². The molecule has 3 aromatic rings. The molecule has 3 aromatic heterocycles. The number of aromatic amines is 1. The van der Waals surface area contributed by atoms with Crippen LogP contribution in [0.4, 0.5) is 11.6 Å². The fourth-order valence-electron chi connectivity index (χ4n) is 2.84. The van der Waals surface area contributed by atoms with Crippen molar-refractivity contribution in [1.29, 1.82) is 0 Å². The topological polar surface area (TPSA) is 153 Å². The van der Waals surface area contributed by atoms with Gasteiger partial charge in [-0.25, -0.2) is 23.5 Å². The number of aromatic nitrogens is 4. The number of nitrogens with one attached hydrogen (secondary N) is 2. The Morgan fingerprint density at radius 1 is 1.40 bits per heavy atom. The summed E-state index contributed by atoms with van der Waals surface area (Å²) >= 11 is 0.995. The molecule has 0 aromatic carbocycles. The molecule has 10 nitrogen and oxygen atoms in total. The number of H-pyrrole nitrogens is 1. The average Bonchev–Trinajstić information content (AvgIpc) is 3.21. The van der Waals surface area contributed by atoms with Crippen LogP contribution in [0.1, 0.15) is 36.9 Å². The number of esters is 1. The third-order valence-electron chi connectivity index (χ3n) is 4.48. The molecule has 4 rings (SSSR count). The third kappa shape index (κ3) is 4.83. The summed E-state index contributed by atoms with van der Waals surface area (Å²) in [7, 11) is -3.79. The van der Waals surface area contributed by atoms with Crippen molar-refractivity contribution in [3.63, 3.8) is 0 Å². The van der Waals surface area contributed by atoms with E-state index in [1.165, 1.54) is 13.0 Å². The molecule has 0 spiro atoms. The largest absolute Gasteiger partial charge is 0.466 e. The second-order valence-corrected chi connectivity index (χ2v) is 9.80. The zero-order valence-corrected chi connectivity index (χ0v) is 17.7. The van der Waals surface area contributed by atoms with Gasteiger partial charge >= 0.3 is 5.97 Å². The Kier molecular flexibility index (Phi) is 5.54. The summed E-state index contributed by atoms with van der Waals surface area (Å²) in [6, 6.07) is 4.98. The number of nitrogens with zero attached hydrogens (tertiary/aromatic N) is 3.